The third-order valence-corrected chi connectivity index (χ3v) is 4.45. The van der Waals surface area contributed by atoms with Crippen molar-refractivity contribution in [2.24, 2.45) is 0 Å². The molecule has 12 heteroatoms. The smallest absolute Gasteiger partial charge is 0.353 e. The van der Waals surface area contributed by atoms with Gasteiger partial charge in [0.1, 0.15) is 0 Å². The fourth-order valence-electron chi connectivity index (χ4n) is 1.57. The lowest BCUT2D eigenvalue weighted by Gasteiger charge is -2.11. The zero-order chi connectivity index (χ0) is 16.9. The van der Waals surface area contributed by atoms with Crippen molar-refractivity contribution in [3.05, 3.63) is 10.1 Å². The number of nitrogens with zero attached hydrogens (tertiary/aromatic N) is 3. The van der Waals surface area contributed by atoms with Gasteiger partial charge in [-0.1, -0.05) is 11.8 Å². The van der Waals surface area contributed by atoms with Gasteiger partial charge in [-0.3, -0.25) is 10.1 Å². The van der Waals surface area contributed by atoms with Crippen LogP contribution in [0.1, 0.15) is 13.8 Å². The number of thioether (sulfide) groups is 1. The lowest BCUT2D eigenvalue weighted by molar-refractivity contribution is -0.383. The first-order chi connectivity index (χ1) is 10.2. The van der Waals surface area contributed by atoms with E-state index in [1.807, 2.05) is 0 Å². The topological polar surface area (TPSA) is 153 Å². The Hall–Kier alpha value is -1.66. The average Bonchev–Trinajstić information content (AvgIpc) is 2.35. The van der Waals surface area contributed by atoms with Crippen LogP contribution in [0.5, 0.6) is 0 Å². The van der Waals surface area contributed by atoms with Crippen LogP contribution < -0.4 is 15.8 Å². The first-order valence-electron chi connectivity index (χ1n) is 6.26. The van der Waals surface area contributed by atoms with Crippen LogP contribution in [-0.2, 0) is 10.0 Å². The lowest BCUT2D eigenvalue weighted by atomic mass is 10.4. The van der Waals surface area contributed by atoms with Gasteiger partial charge in [-0.2, -0.15) is 9.97 Å². The molecule has 0 radical (unpaired) electrons. The fraction of sp³-hybridized carbons (Fsp3) is 0.600. The summed E-state index contributed by atoms with van der Waals surface area (Å²) in [6.07, 6.45) is 1.70. The Kier molecular flexibility index (Phi) is 6.32. The second kappa shape index (κ2) is 7.56. The molecule has 0 aromatic carbocycles. The van der Waals surface area contributed by atoms with Crippen LogP contribution in [-0.4, -0.2) is 47.9 Å². The van der Waals surface area contributed by atoms with Crippen molar-refractivity contribution in [1.29, 1.82) is 0 Å². The predicted molar refractivity (Wildman–Crippen MR) is 85.4 cm³/mol. The van der Waals surface area contributed by atoms with E-state index in [1.54, 1.807) is 20.1 Å². The van der Waals surface area contributed by atoms with Gasteiger partial charge in [0.15, 0.2) is 5.16 Å². The van der Waals surface area contributed by atoms with Gasteiger partial charge < -0.3 is 11.1 Å². The van der Waals surface area contributed by atoms with Gasteiger partial charge >= 0.3 is 5.69 Å². The molecule has 0 fully saturated rings. The summed E-state index contributed by atoms with van der Waals surface area (Å²) in [5, 5.41) is 13.9. The maximum Gasteiger partial charge on any atom is 0.353 e. The van der Waals surface area contributed by atoms with Crippen molar-refractivity contribution in [2.45, 2.75) is 25.0 Å². The zero-order valence-corrected chi connectivity index (χ0v) is 14.0. The highest BCUT2D eigenvalue weighted by atomic mass is 32.2. The first-order valence-corrected chi connectivity index (χ1v) is 9.13. The van der Waals surface area contributed by atoms with Crippen molar-refractivity contribution in [1.82, 2.24) is 14.7 Å². The van der Waals surface area contributed by atoms with E-state index in [-0.39, 0.29) is 35.1 Å². The van der Waals surface area contributed by atoms with E-state index in [4.69, 9.17) is 5.73 Å². The molecule has 0 bridgehead atoms. The Morgan fingerprint density at radius 1 is 1.41 bits per heavy atom. The van der Waals surface area contributed by atoms with E-state index in [9.17, 15) is 18.5 Å². The Labute approximate surface area is 132 Å². The standard InChI is InChI=1S/C10H18N6O4S2/c1-6(2)15-22(19,20)5-4-12-9-7(16(17)18)8(11)13-10(14-9)21-3/h6,15H,4-5H2,1-3H3,(H3,11,12,13,14). The van der Waals surface area contributed by atoms with Crippen LogP contribution in [0.25, 0.3) is 0 Å². The second-order valence-corrected chi connectivity index (χ2v) is 7.21. The van der Waals surface area contributed by atoms with E-state index in [2.05, 4.69) is 20.0 Å². The number of rotatable bonds is 8. The minimum atomic E-state index is -3.47. The number of hydrogen-bond acceptors (Lipinski definition) is 9. The molecular formula is C10H18N6O4S2. The number of nitro groups is 1. The van der Waals surface area contributed by atoms with Crippen molar-refractivity contribution < 1.29 is 13.3 Å². The van der Waals surface area contributed by atoms with Crippen LogP contribution in [0, 0.1) is 10.1 Å². The van der Waals surface area contributed by atoms with Crippen LogP contribution in [0.3, 0.4) is 0 Å². The van der Waals surface area contributed by atoms with Gasteiger partial charge in [0, 0.05) is 12.6 Å². The highest BCUT2D eigenvalue weighted by molar-refractivity contribution is 7.98. The largest absolute Gasteiger partial charge is 0.378 e. The molecule has 22 heavy (non-hydrogen) atoms. The molecule has 124 valence electrons. The highest BCUT2D eigenvalue weighted by Gasteiger charge is 2.23. The third kappa shape index (κ3) is 5.27. The molecule has 0 saturated heterocycles. The van der Waals surface area contributed by atoms with E-state index >= 15 is 0 Å². The summed E-state index contributed by atoms with van der Waals surface area (Å²) < 4.78 is 25.8. The van der Waals surface area contributed by atoms with Crippen molar-refractivity contribution in [3.63, 3.8) is 0 Å². The number of nitrogens with two attached hydrogens (primary N) is 1. The van der Waals surface area contributed by atoms with Gasteiger partial charge in [0.05, 0.1) is 10.7 Å². The van der Waals surface area contributed by atoms with Gasteiger partial charge in [-0.25, -0.2) is 13.1 Å². The Balaban J connectivity index is 2.89. The number of aromatic nitrogens is 2. The fourth-order valence-corrected chi connectivity index (χ4v) is 3.15. The summed E-state index contributed by atoms with van der Waals surface area (Å²) in [6.45, 7) is 3.35. The van der Waals surface area contributed by atoms with Crippen molar-refractivity contribution in [2.75, 3.05) is 29.6 Å². The molecule has 0 aliphatic carbocycles. The molecule has 0 atom stereocenters. The van der Waals surface area contributed by atoms with Gasteiger partial charge in [-0.05, 0) is 20.1 Å². The minimum absolute atomic E-state index is 0.0484. The summed E-state index contributed by atoms with van der Waals surface area (Å²) in [6, 6.07) is -0.225. The predicted octanol–water partition coefficient (Wildman–Crippen LogP) is 0.429. The van der Waals surface area contributed by atoms with E-state index < -0.39 is 20.6 Å². The monoisotopic (exact) mass is 350 g/mol. The summed E-state index contributed by atoms with van der Waals surface area (Å²) in [5.74, 6) is -0.613. The number of hydrogen-bond donors (Lipinski definition) is 3. The SMILES string of the molecule is CSc1nc(N)c([N+](=O)[O-])c(NCCS(=O)(=O)NC(C)C)n1. The zero-order valence-electron chi connectivity index (χ0n) is 12.4. The summed E-state index contributed by atoms with van der Waals surface area (Å²) in [7, 11) is -3.47. The molecule has 0 amide bonds. The van der Waals surface area contributed by atoms with Crippen LogP contribution >= 0.6 is 11.8 Å². The van der Waals surface area contributed by atoms with Crippen LogP contribution in [0.2, 0.25) is 0 Å². The minimum Gasteiger partial charge on any atom is -0.378 e. The third-order valence-electron chi connectivity index (χ3n) is 2.33. The molecule has 0 saturated carbocycles. The summed E-state index contributed by atoms with van der Waals surface area (Å²) >= 11 is 1.17. The van der Waals surface area contributed by atoms with Crippen LogP contribution in [0.15, 0.2) is 5.16 Å². The Morgan fingerprint density at radius 2 is 2.05 bits per heavy atom. The molecule has 0 unspecified atom stereocenters. The van der Waals surface area contributed by atoms with Crippen LogP contribution in [0.4, 0.5) is 17.3 Å². The number of sulfonamides is 1. The molecular weight excluding hydrogens is 332 g/mol. The van der Waals surface area contributed by atoms with E-state index in [1.165, 1.54) is 11.8 Å². The molecule has 0 spiro atoms. The highest BCUT2D eigenvalue weighted by Crippen LogP contribution is 2.29. The van der Waals surface area contributed by atoms with E-state index in [0.717, 1.165) is 0 Å². The van der Waals surface area contributed by atoms with E-state index in [0.29, 0.717) is 0 Å². The summed E-state index contributed by atoms with van der Waals surface area (Å²) in [5.41, 5.74) is 5.08. The van der Waals surface area contributed by atoms with Crippen molar-refractivity contribution >= 4 is 39.1 Å². The average molecular weight is 350 g/mol. The molecule has 1 heterocycles. The molecule has 1 aromatic heterocycles. The number of nitrogen functional groups attached to an aromatic ring is 1. The van der Waals surface area contributed by atoms with Gasteiger partial charge in [0.2, 0.25) is 21.7 Å². The summed E-state index contributed by atoms with van der Waals surface area (Å²) in [4.78, 5) is 18.1. The molecule has 0 aliphatic heterocycles. The molecule has 1 rings (SSSR count). The van der Waals surface area contributed by atoms with Crippen molar-refractivity contribution in [3.8, 4) is 0 Å². The first kappa shape index (κ1) is 18.4. The maximum atomic E-state index is 11.7. The molecule has 10 nitrogen and oxygen atoms in total. The lowest BCUT2D eigenvalue weighted by Crippen LogP contribution is -2.34. The quantitative estimate of drug-likeness (QED) is 0.262. The van der Waals surface area contributed by atoms with Gasteiger partial charge in [0.25, 0.3) is 0 Å². The Bertz CT molecular complexity index is 649. The Morgan fingerprint density at radius 3 is 2.55 bits per heavy atom. The normalized spacial score (nSPS) is 11.6. The number of nitrogens with one attached hydrogen (secondary N) is 2. The number of anilines is 2. The molecule has 0 aliphatic rings. The molecule has 1 aromatic rings. The maximum absolute atomic E-state index is 11.7. The molecule has 4 N–H and O–H groups in total. The second-order valence-electron chi connectivity index (χ2n) is 4.57. The van der Waals surface area contributed by atoms with Gasteiger partial charge in [-0.15, -0.1) is 0 Å².